The average molecular weight is 310 g/mol. The number of aliphatic hydroxyl groups is 1. The van der Waals surface area contributed by atoms with Gasteiger partial charge in [-0.15, -0.1) is 11.3 Å². The van der Waals surface area contributed by atoms with Crippen molar-refractivity contribution >= 4 is 39.2 Å². The van der Waals surface area contributed by atoms with Crippen LogP contribution >= 0.6 is 23.1 Å². The van der Waals surface area contributed by atoms with Crippen LogP contribution in [-0.2, 0) is 4.79 Å². The van der Waals surface area contributed by atoms with Crippen LogP contribution in [0.3, 0.4) is 0 Å². The van der Waals surface area contributed by atoms with Gasteiger partial charge in [0.2, 0.25) is 5.91 Å². The fourth-order valence-electron chi connectivity index (χ4n) is 1.90. The van der Waals surface area contributed by atoms with E-state index in [-0.39, 0.29) is 18.6 Å². The molecular weight excluding hydrogens is 292 g/mol. The Balaban J connectivity index is 1.98. The first-order valence-electron chi connectivity index (χ1n) is 6.50. The highest BCUT2D eigenvalue weighted by atomic mass is 32.2. The number of aliphatic hydroxyl groups excluding tert-OH is 1. The van der Waals surface area contributed by atoms with Crippen molar-refractivity contribution in [2.24, 2.45) is 0 Å². The number of thiazole rings is 1. The lowest BCUT2D eigenvalue weighted by Gasteiger charge is -2.25. The summed E-state index contributed by atoms with van der Waals surface area (Å²) in [5, 5.41) is 9.00. The van der Waals surface area contributed by atoms with E-state index in [1.165, 1.54) is 11.8 Å². The van der Waals surface area contributed by atoms with Gasteiger partial charge in [0.05, 0.1) is 22.6 Å². The van der Waals surface area contributed by atoms with Gasteiger partial charge in [-0.3, -0.25) is 4.79 Å². The van der Waals surface area contributed by atoms with Crippen molar-refractivity contribution in [1.82, 2.24) is 9.88 Å². The summed E-state index contributed by atoms with van der Waals surface area (Å²) in [4.78, 5) is 18.3. The van der Waals surface area contributed by atoms with E-state index >= 15 is 0 Å². The molecule has 0 atom stereocenters. The molecule has 6 heteroatoms. The maximum Gasteiger partial charge on any atom is 0.233 e. The molecule has 20 heavy (non-hydrogen) atoms. The maximum absolute atomic E-state index is 12.1. The highest BCUT2D eigenvalue weighted by Gasteiger charge is 2.17. The summed E-state index contributed by atoms with van der Waals surface area (Å²) in [5.41, 5.74) is 0.975. The van der Waals surface area contributed by atoms with Crippen molar-refractivity contribution in [3.8, 4) is 0 Å². The first-order chi connectivity index (χ1) is 9.61. The smallest absolute Gasteiger partial charge is 0.233 e. The summed E-state index contributed by atoms with van der Waals surface area (Å²) in [6.45, 7) is 4.29. The number of carbonyl (C=O) groups excluding carboxylic acids is 1. The number of hydrogen-bond donors (Lipinski definition) is 1. The van der Waals surface area contributed by atoms with E-state index < -0.39 is 0 Å². The largest absolute Gasteiger partial charge is 0.395 e. The average Bonchev–Trinajstić information content (AvgIpc) is 2.84. The summed E-state index contributed by atoms with van der Waals surface area (Å²) < 4.78 is 2.05. The van der Waals surface area contributed by atoms with Crippen molar-refractivity contribution in [2.75, 3.05) is 18.9 Å². The molecule has 0 saturated heterocycles. The Morgan fingerprint density at radius 3 is 2.85 bits per heavy atom. The van der Waals surface area contributed by atoms with Gasteiger partial charge in [0.25, 0.3) is 0 Å². The Kier molecular flexibility index (Phi) is 5.39. The second kappa shape index (κ2) is 7.06. The summed E-state index contributed by atoms with van der Waals surface area (Å²) in [7, 11) is 0. The third-order valence-corrected chi connectivity index (χ3v) is 5.04. The highest BCUT2D eigenvalue weighted by Crippen LogP contribution is 2.29. The number of fused-ring (bicyclic) bond motifs is 1. The molecule has 0 aliphatic carbocycles. The molecule has 1 aromatic carbocycles. The molecule has 108 valence electrons. The van der Waals surface area contributed by atoms with Crippen LogP contribution in [0.4, 0.5) is 0 Å². The number of benzene rings is 1. The highest BCUT2D eigenvalue weighted by molar-refractivity contribution is 8.01. The van der Waals surface area contributed by atoms with E-state index in [9.17, 15) is 4.79 Å². The van der Waals surface area contributed by atoms with E-state index in [0.29, 0.717) is 12.3 Å². The van der Waals surface area contributed by atoms with Crippen LogP contribution in [0.5, 0.6) is 0 Å². The monoisotopic (exact) mass is 310 g/mol. The van der Waals surface area contributed by atoms with E-state index in [1.807, 2.05) is 38.1 Å². The van der Waals surface area contributed by atoms with Crippen molar-refractivity contribution < 1.29 is 9.90 Å². The van der Waals surface area contributed by atoms with Crippen LogP contribution in [0.2, 0.25) is 0 Å². The van der Waals surface area contributed by atoms with Crippen molar-refractivity contribution in [3.05, 3.63) is 24.3 Å². The van der Waals surface area contributed by atoms with Crippen LogP contribution in [0, 0.1) is 0 Å². The van der Waals surface area contributed by atoms with Gasteiger partial charge in [-0.2, -0.15) is 0 Å². The molecule has 0 fully saturated rings. The number of thioether (sulfide) groups is 1. The van der Waals surface area contributed by atoms with E-state index in [2.05, 4.69) is 4.98 Å². The summed E-state index contributed by atoms with van der Waals surface area (Å²) in [6.07, 6.45) is 0. The third-order valence-electron chi connectivity index (χ3n) is 2.88. The molecule has 1 aromatic heterocycles. The minimum atomic E-state index is -0.00424. The summed E-state index contributed by atoms with van der Waals surface area (Å²) in [5.74, 6) is 0.399. The molecule has 0 radical (unpaired) electrons. The zero-order valence-corrected chi connectivity index (χ0v) is 13.2. The van der Waals surface area contributed by atoms with Crippen LogP contribution in [0.15, 0.2) is 28.6 Å². The van der Waals surface area contributed by atoms with E-state index in [4.69, 9.17) is 5.11 Å². The van der Waals surface area contributed by atoms with Crippen LogP contribution < -0.4 is 0 Å². The van der Waals surface area contributed by atoms with Crippen molar-refractivity contribution in [3.63, 3.8) is 0 Å². The molecule has 0 aliphatic heterocycles. The molecule has 2 rings (SSSR count). The van der Waals surface area contributed by atoms with Gasteiger partial charge in [-0.25, -0.2) is 4.98 Å². The van der Waals surface area contributed by atoms with Crippen molar-refractivity contribution in [1.29, 1.82) is 0 Å². The predicted octanol–water partition coefficient (Wildman–Crippen LogP) is 2.62. The van der Waals surface area contributed by atoms with Gasteiger partial charge >= 0.3 is 0 Å². The standard InChI is InChI=1S/C14H18N2O2S2/c1-10(2)16(7-8-17)13(18)9-19-14-15-11-5-3-4-6-12(11)20-14/h3-6,10,17H,7-9H2,1-2H3. The minimum absolute atomic E-state index is 0.00424. The lowest BCUT2D eigenvalue weighted by molar-refractivity contribution is -0.130. The SMILES string of the molecule is CC(C)N(CCO)C(=O)CSc1nc2ccccc2s1. The van der Waals surface area contributed by atoms with Crippen molar-refractivity contribution in [2.45, 2.75) is 24.2 Å². The van der Waals surface area contributed by atoms with Gasteiger partial charge < -0.3 is 10.0 Å². The van der Waals surface area contributed by atoms with Crippen LogP contribution in [0.1, 0.15) is 13.8 Å². The molecule has 1 heterocycles. The lowest BCUT2D eigenvalue weighted by Crippen LogP contribution is -2.40. The Morgan fingerprint density at radius 2 is 2.20 bits per heavy atom. The number of para-hydroxylation sites is 1. The zero-order chi connectivity index (χ0) is 14.5. The van der Waals surface area contributed by atoms with Gasteiger partial charge in [-0.1, -0.05) is 23.9 Å². The number of rotatable bonds is 6. The normalized spacial score (nSPS) is 11.2. The van der Waals surface area contributed by atoms with Crippen LogP contribution in [-0.4, -0.2) is 45.8 Å². The third kappa shape index (κ3) is 3.71. The van der Waals surface area contributed by atoms with Crippen LogP contribution in [0.25, 0.3) is 10.2 Å². The molecule has 0 unspecified atom stereocenters. The summed E-state index contributed by atoms with van der Waals surface area (Å²) >= 11 is 3.06. The molecule has 1 N–H and O–H groups in total. The fourth-order valence-corrected chi connectivity index (χ4v) is 3.85. The van der Waals surface area contributed by atoms with E-state index in [1.54, 1.807) is 16.2 Å². The fraction of sp³-hybridized carbons (Fsp3) is 0.429. The van der Waals surface area contributed by atoms with Gasteiger partial charge in [0.15, 0.2) is 4.34 Å². The minimum Gasteiger partial charge on any atom is -0.395 e. The number of nitrogens with zero attached hydrogens (tertiary/aromatic N) is 2. The van der Waals surface area contributed by atoms with Gasteiger partial charge in [-0.05, 0) is 26.0 Å². The number of carbonyl (C=O) groups is 1. The Hall–Kier alpha value is -1.11. The van der Waals surface area contributed by atoms with E-state index in [0.717, 1.165) is 14.6 Å². The topological polar surface area (TPSA) is 53.4 Å². The maximum atomic E-state index is 12.1. The second-order valence-electron chi connectivity index (χ2n) is 4.64. The number of aromatic nitrogens is 1. The molecule has 0 aliphatic rings. The molecule has 4 nitrogen and oxygen atoms in total. The first kappa shape index (κ1) is 15.3. The molecule has 1 amide bonds. The molecule has 0 bridgehead atoms. The second-order valence-corrected chi connectivity index (χ2v) is 6.89. The zero-order valence-electron chi connectivity index (χ0n) is 11.6. The lowest BCUT2D eigenvalue weighted by atomic mass is 10.3. The Labute approximate surface area is 126 Å². The number of amides is 1. The first-order valence-corrected chi connectivity index (χ1v) is 8.30. The quantitative estimate of drug-likeness (QED) is 0.833. The molecule has 2 aromatic rings. The molecule has 0 saturated carbocycles. The summed E-state index contributed by atoms with van der Waals surface area (Å²) in [6, 6.07) is 8.06. The predicted molar refractivity (Wildman–Crippen MR) is 84.3 cm³/mol. The number of hydrogen-bond acceptors (Lipinski definition) is 5. The molecular formula is C14H18N2O2S2. The molecule has 0 spiro atoms. The Bertz CT molecular complexity index is 550. The Morgan fingerprint density at radius 1 is 1.45 bits per heavy atom. The van der Waals surface area contributed by atoms with Gasteiger partial charge in [0.1, 0.15) is 0 Å². The van der Waals surface area contributed by atoms with Gasteiger partial charge in [0, 0.05) is 12.6 Å².